The van der Waals surface area contributed by atoms with Gasteiger partial charge in [-0.1, -0.05) is 72.3 Å². The molecule has 3 nitrogen and oxygen atoms in total. The van der Waals surface area contributed by atoms with Crippen LogP contribution >= 0.6 is 11.6 Å². The van der Waals surface area contributed by atoms with E-state index < -0.39 is 0 Å². The van der Waals surface area contributed by atoms with Crippen LogP contribution < -0.4 is 5.32 Å². The number of hydrogen-bond acceptors (Lipinski definition) is 2. The molecule has 0 saturated carbocycles. The van der Waals surface area contributed by atoms with Gasteiger partial charge in [-0.25, -0.2) is 4.39 Å². The van der Waals surface area contributed by atoms with Gasteiger partial charge in [-0.3, -0.25) is 9.69 Å². The van der Waals surface area contributed by atoms with Gasteiger partial charge in [-0.05, 0) is 53.6 Å². The van der Waals surface area contributed by atoms with Gasteiger partial charge >= 0.3 is 0 Å². The molecule has 5 heteroatoms. The number of nitrogens with zero attached hydrogens (tertiary/aromatic N) is 1. The van der Waals surface area contributed by atoms with Crippen molar-refractivity contribution in [2.45, 2.75) is 25.3 Å². The van der Waals surface area contributed by atoms with Crippen LogP contribution in [0.2, 0.25) is 5.02 Å². The zero-order valence-corrected chi connectivity index (χ0v) is 18.8. The van der Waals surface area contributed by atoms with Gasteiger partial charge in [0.05, 0.1) is 5.92 Å². The molecule has 2 unspecified atom stereocenters. The van der Waals surface area contributed by atoms with Gasteiger partial charge in [0.1, 0.15) is 5.82 Å². The second kappa shape index (κ2) is 10.8. The summed E-state index contributed by atoms with van der Waals surface area (Å²) in [4.78, 5) is 15.4. The van der Waals surface area contributed by atoms with Crippen molar-refractivity contribution in [2.24, 2.45) is 5.92 Å². The smallest absolute Gasteiger partial charge is 0.224 e. The van der Waals surface area contributed by atoms with Crippen molar-refractivity contribution in [1.29, 1.82) is 0 Å². The first-order valence-corrected chi connectivity index (χ1v) is 11.5. The minimum absolute atomic E-state index is 0.0805. The molecule has 166 valence electrons. The van der Waals surface area contributed by atoms with Crippen LogP contribution in [0.5, 0.6) is 0 Å². The second-order valence-electron chi connectivity index (χ2n) is 8.49. The van der Waals surface area contributed by atoms with E-state index in [9.17, 15) is 9.18 Å². The Balaban J connectivity index is 1.45. The lowest BCUT2D eigenvalue weighted by molar-refractivity contribution is -0.127. The van der Waals surface area contributed by atoms with E-state index in [0.29, 0.717) is 19.6 Å². The molecule has 0 radical (unpaired) electrons. The van der Waals surface area contributed by atoms with E-state index in [4.69, 9.17) is 11.6 Å². The Hall–Kier alpha value is -2.69. The molecular formula is C27H28ClFN2O. The van der Waals surface area contributed by atoms with E-state index in [1.807, 2.05) is 54.6 Å². The second-order valence-corrected chi connectivity index (χ2v) is 8.90. The molecule has 0 aliphatic carbocycles. The number of rotatable bonds is 7. The van der Waals surface area contributed by atoms with Gasteiger partial charge in [-0.2, -0.15) is 0 Å². The van der Waals surface area contributed by atoms with Gasteiger partial charge in [0.2, 0.25) is 5.91 Å². The highest BCUT2D eigenvalue weighted by atomic mass is 35.5. The lowest BCUT2D eigenvalue weighted by atomic mass is 9.83. The molecule has 32 heavy (non-hydrogen) atoms. The fourth-order valence-electron chi connectivity index (χ4n) is 4.47. The number of nitrogens with one attached hydrogen (secondary N) is 1. The average Bonchev–Trinajstić information content (AvgIpc) is 2.81. The molecule has 3 aromatic rings. The largest absolute Gasteiger partial charge is 0.355 e. The van der Waals surface area contributed by atoms with Crippen molar-refractivity contribution in [3.05, 3.63) is 106 Å². The third kappa shape index (κ3) is 5.96. The van der Waals surface area contributed by atoms with E-state index in [-0.39, 0.29) is 23.6 Å². The molecule has 1 heterocycles. The monoisotopic (exact) mass is 450 g/mol. The quantitative estimate of drug-likeness (QED) is 0.519. The predicted octanol–water partition coefficient (Wildman–Crippen LogP) is 5.44. The number of hydrogen-bond donors (Lipinski definition) is 1. The van der Waals surface area contributed by atoms with Crippen LogP contribution in [0.15, 0.2) is 78.9 Å². The Bertz CT molecular complexity index is 1030. The molecule has 1 aliphatic rings. The minimum Gasteiger partial charge on any atom is -0.355 e. The summed E-state index contributed by atoms with van der Waals surface area (Å²) in [6.45, 7) is 2.79. The van der Waals surface area contributed by atoms with Crippen molar-refractivity contribution in [3.63, 3.8) is 0 Å². The maximum absolute atomic E-state index is 13.5. The molecule has 1 aliphatic heterocycles. The number of halogens is 2. The van der Waals surface area contributed by atoms with E-state index >= 15 is 0 Å². The number of carbonyl (C=O) groups is 1. The highest BCUT2D eigenvalue weighted by Crippen LogP contribution is 2.32. The maximum atomic E-state index is 13.5. The van der Waals surface area contributed by atoms with Crippen molar-refractivity contribution in [2.75, 3.05) is 19.6 Å². The molecule has 0 spiro atoms. The summed E-state index contributed by atoms with van der Waals surface area (Å²) >= 11 is 6.39. The molecule has 0 bridgehead atoms. The fourth-order valence-corrected chi connectivity index (χ4v) is 4.67. The lowest BCUT2D eigenvalue weighted by Gasteiger charge is -2.37. The molecule has 1 amide bonds. The molecule has 1 saturated heterocycles. The van der Waals surface area contributed by atoms with Crippen LogP contribution in [0.1, 0.15) is 29.0 Å². The van der Waals surface area contributed by atoms with E-state index in [1.54, 1.807) is 0 Å². The van der Waals surface area contributed by atoms with Crippen LogP contribution in [0.4, 0.5) is 4.39 Å². The third-order valence-corrected chi connectivity index (χ3v) is 6.51. The van der Waals surface area contributed by atoms with Gasteiger partial charge < -0.3 is 5.32 Å². The first-order valence-electron chi connectivity index (χ1n) is 11.1. The van der Waals surface area contributed by atoms with Crippen LogP contribution in [-0.4, -0.2) is 30.4 Å². The van der Waals surface area contributed by atoms with Crippen molar-refractivity contribution in [1.82, 2.24) is 10.2 Å². The minimum atomic E-state index is -0.243. The number of carbonyl (C=O) groups excluding carboxylic acids is 1. The number of piperidine rings is 1. The van der Waals surface area contributed by atoms with Gasteiger partial charge in [0.25, 0.3) is 0 Å². The number of likely N-dealkylation sites (tertiary alicyclic amines) is 1. The Labute approximate surface area is 194 Å². The fraction of sp³-hybridized carbons (Fsp3) is 0.296. The summed E-state index contributed by atoms with van der Waals surface area (Å²) in [6.07, 6.45) is 1.56. The lowest BCUT2D eigenvalue weighted by Crippen LogP contribution is -2.45. The standard InChI is InChI=1S/C27H28ClFN2O/c28-26-9-5-4-8-22(26)17-31-18-23(21-10-12-25(29)13-11-21)16-24(19-31)27(32)30-15-14-20-6-2-1-3-7-20/h1-13,23-24H,14-19H2,(H,30,32). The Morgan fingerprint density at radius 1 is 0.969 bits per heavy atom. The maximum Gasteiger partial charge on any atom is 0.224 e. The third-order valence-electron chi connectivity index (χ3n) is 6.15. The van der Waals surface area contributed by atoms with Crippen molar-refractivity contribution >= 4 is 17.5 Å². The van der Waals surface area contributed by atoms with Crippen molar-refractivity contribution in [3.8, 4) is 0 Å². The Morgan fingerprint density at radius 2 is 1.69 bits per heavy atom. The summed E-state index contributed by atoms with van der Waals surface area (Å²) < 4.78 is 13.5. The van der Waals surface area contributed by atoms with Crippen LogP contribution in [0.3, 0.4) is 0 Å². The normalized spacial score (nSPS) is 18.9. The van der Waals surface area contributed by atoms with Crippen molar-refractivity contribution < 1.29 is 9.18 Å². The molecule has 2 atom stereocenters. The Morgan fingerprint density at radius 3 is 2.44 bits per heavy atom. The first kappa shape index (κ1) is 22.5. The van der Waals surface area contributed by atoms with E-state index in [2.05, 4.69) is 22.3 Å². The molecule has 4 rings (SSSR count). The SMILES string of the molecule is O=C(NCCc1ccccc1)C1CC(c2ccc(F)cc2)CN(Cc2ccccc2Cl)C1. The topological polar surface area (TPSA) is 32.3 Å². The summed E-state index contributed by atoms with van der Waals surface area (Å²) in [7, 11) is 0. The molecular weight excluding hydrogens is 423 g/mol. The summed E-state index contributed by atoms with van der Waals surface area (Å²) in [6, 6.07) is 24.7. The van der Waals surface area contributed by atoms with E-state index in [0.717, 1.165) is 35.5 Å². The molecule has 1 N–H and O–H groups in total. The average molecular weight is 451 g/mol. The Kier molecular flexibility index (Phi) is 7.56. The number of amides is 1. The molecule has 1 fully saturated rings. The highest BCUT2D eigenvalue weighted by molar-refractivity contribution is 6.31. The highest BCUT2D eigenvalue weighted by Gasteiger charge is 2.32. The first-order chi connectivity index (χ1) is 15.6. The zero-order chi connectivity index (χ0) is 22.3. The summed E-state index contributed by atoms with van der Waals surface area (Å²) in [5.41, 5.74) is 3.33. The van der Waals surface area contributed by atoms with Crippen LogP contribution in [-0.2, 0) is 17.8 Å². The van der Waals surface area contributed by atoms with E-state index in [1.165, 1.54) is 17.7 Å². The summed E-state index contributed by atoms with van der Waals surface area (Å²) in [5, 5.41) is 3.86. The number of benzene rings is 3. The molecule has 3 aromatic carbocycles. The van der Waals surface area contributed by atoms with Gasteiger partial charge in [0, 0.05) is 31.2 Å². The van der Waals surface area contributed by atoms with Crippen LogP contribution in [0, 0.1) is 11.7 Å². The predicted molar refractivity (Wildman–Crippen MR) is 127 cm³/mol. The van der Waals surface area contributed by atoms with Crippen LogP contribution in [0.25, 0.3) is 0 Å². The summed E-state index contributed by atoms with van der Waals surface area (Å²) in [5.74, 6) is -0.127. The van der Waals surface area contributed by atoms with Gasteiger partial charge in [-0.15, -0.1) is 0 Å². The van der Waals surface area contributed by atoms with Gasteiger partial charge in [0.15, 0.2) is 0 Å². The molecule has 0 aromatic heterocycles. The zero-order valence-electron chi connectivity index (χ0n) is 18.0.